The Hall–Kier alpha value is -1.20. The van der Waals surface area contributed by atoms with Crippen LogP contribution in [0.3, 0.4) is 0 Å². The number of rotatable bonds is 6. The molecule has 0 saturated carbocycles. The number of ketones is 1. The zero-order valence-electron chi connectivity index (χ0n) is 11.4. The second-order valence-corrected chi connectivity index (χ2v) is 5.52. The molecule has 106 valence electrons. The Bertz CT molecular complexity index is 399. The van der Waals surface area contributed by atoms with E-state index in [1.807, 2.05) is 0 Å². The molecule has 0 aromatic rings. The highest BCUT2D eigenvalue weighted by Gasteiger charge is 2.50. The third-order valence-electron chi connectivity index (χ3n) is 3.79. The van der Waals surface area contributed by atoms with Gasteiger partial charge in [-0.25, -0.2) is 0 Å². The van der Waals surface area contributed by atoms with Crippen LogP contribution >= 0.6 is 0 Å². The maximum absolute atomic E-state index is 12.3. The summed E-state index contributed by atoms with van der Waals surface area (Å²) < 4.78 is 5.19. The first-order chi connectivity index (χ1) is 9.05. The van der Waals surface area contributed by atoms with E-state index in [-0.39, 0.29) is 18.2 Å². The number of Topliss-reactive ketones (excluding diaryl/α,β-unsaturated/α-hetero) is 1. The number of epoxide rings is 1. The van der Waals surface area contributed by atoms with Crippen molar-refractivity contribution in [2.24, 2.45) is 5.73 Å². The molecule has 0 bridgehead atoms. The van der Waals surface area contributed by atoms with E-state index in [4.69, 9.17) is 10.5 Å². The minimum atomic E-state index is -0.707. The van der Waals surface area contributed by atoms with Gasteiger partial charge in [0.1, 0.15) is 5.60 Å². The summed E-state index contributed by atoms with van der Waals surface area (Å²) in [5, 5.41) is 2.73. The summed E-state index contributed by atoms with van der Waals surface area (Å²) in [6.45, 7) is 2.12. The minimum Gasteiger partial charge on any atom is -0.361 e. The summed E-state index contributed by atoms with van der Waals surface area (Å²) in [4.78, 5) is 23.8. The van der Waals surface area contributed by atoms with Crippen molar-refractivity contribution in [1.82, 2.24) is 5.32 Å². The van der Waals surface area contributed by atoms with Gasteiger partial charge in [0.15, 0.2) is 5.78 Å². The molecule has 1 saturated heterocycles. The van der Waals surface area contributed by atoms with Crippen LogP contribution in [0.25, 0.3) is 0 Å². The van der Waals surface area contributed by atoms with Gasteiger partial charge in [-0.3, -0.25) is 9.59 Å². The first-order valence-corrected chi connectivity index (χ1v) is 6.91. The molecule has 0 radical (unpaired) electrons. The van der Waals surface area contributed by atoms with E-state index in [2.05, 4.69) is 11.4 Å². The molecular weight excluding hydrogens is 244 g/mol. The van der Waals surface area contributed by atoms with Crippen molar-refractivity contribution in [1.29, 1.82) is 0 Å². The Labute approximate surface area is 113 Å². The van der Waals surface area contributed by atoms with E-state index in [0.717, 1.165) is 19.3 Å². The zero-order chi connectivity index (χ0) is 13.9. The topological polar surface area (TPSA) is 84.7 Å². The summed E-state index contributed by atoms with van der Waals surface area (Å²) in [5.74, 6) is -0.334. The van der Waals surface area contributed by atoms with Gasteiger partial charge in [-0.2, -0.15) is 0 Å². The number of nitrogens with one attached hydrogen (secondary N) is 1. The Morgan fingerprint density at radius 3 is 2.79 bits per heavy atom. The lowest BCUT2D eigenvalue weighted by molar-refractivity contribution is -0.129. The van der Waals surface area contributed by atoms with Gasteiger partial charge >= 0.3 is 0 Å². The number of carbonyl (C=O) groups excluding carboxylic acids is 2. The summed E-state index contributed by atoms with van der Waals surface area (Å²) >= 11 is 0. The Kier molecular flexibility index (Phi) is 4.37. The maximum atomic E-state index is 12.3. The second-order valence-electron chi connectivity index (χ2n) is 5.52. The molecule has 1 aliphatic heterocycles. The van der Waals surface area contributed by atoms with E-state index < -0.39 is 11.6 Å². The molecule has 1 unspecified atom stereocenters. The minimum absolute atomic E-state index is 0.0410. The van der Waals surface area contributed by atoms with Gasteiger partial charge in [-0.15, -0.1) is 0 Å². The molecule has 0 spiro atoms. The molecule has 5 nitrogen and oxygen atoms in total. The first kappa shape index (κ1) is 14.2. The normalized spacial score (nSPS) is 27.4. The van der Waals surface area contributed by atoms with Crippen molar-refractivity contribution in [2.45, 2.75) is 50.7 Å². The predicted octanol–water partition coefficient (Wildman–Crippen LogP) is 0.678. The van der Waals surface area contributed by atoms with Crippen molar-refractivity contribution < 1.29 is 14.3 Å². The van der Waals surface area contributed by atoms with Gasteiger partial charge in [0.2, 0.25) is 5.91 Å². The van der Waals surface area contributed by atoms with Crippen LogP contribution in [0.15, 0.2) is 11.6 Å². The number of ether oxygens (including phenoxy) is 1. The summed E-state index contributed by atoms with van der Waals surface area (Å²) in [5.41, 5.74) is 5.86. The van der Waals surface area contributed by atoms with Crippen LogP contribution in [0.2, 0.25) is 0 Å². The van der Waals surface area contributed by atoms with E-state index in [0.29, 0.717) is 13.0 Å². The summed E-state index contributed by atoms with van der Waals surface area (Å²) in [6, 6.07) is -0.507. The standard InChI is InChI=1S/C14H22N2O3/c1-14(9-19-14)13(18)11(16-12(17)8-15)7-10-5-3-2-4-6-10/h5,11H,2-4,6-9,15H2,1H3,(H,16,17)/t11-,14?/m0/s1. The molecule has 0 aromatic carbocycles. The molecule has 1 heterocycles. The highest BCUT2D eigenvalue weighted by Crippen LogP contribution is 2.31. The lowest BCUT2D eigenvalue weighted by Crippen LogP contribution is -2.48. The van der Waals surface area contributed by atoms with Crippen molar-refractivity contribution in [3.8, 4) is 0 Å². The van der Waals surface area contributed by atoms with E-state index in [9.17, 15) is 9.59 Å². The largest absolute Gasteiger partial charge is 0.361 e. The number of hydrogen-bond donors (Lipinski definition) is 2. The lowest BCUT2D eigenvalue weighted by atomic mass is 9.90. The molecule has 2 aliphatic rings. The van der Waals surface area contributed by atoms with Crippen LogP contribution in [0.5, 0.6) is 0 Å². The average Bonchev–Trinajstić information content (AvgIpc) is 3.17. The average molecular weight is 266 g/mol. The van der Waals surface area contributed by atoms with Crippen LogP contribution in [0.4, 0.5) is 0 Å². The fourth-order valence-electron chi connectivity index (χ4n) is 2.43. The smallest absolute Gasteiger partial charge is 0.234 e. The fraction of sp³-hybridized carbons (Fsp3) is 0.714. The van der Waals surface area contributed by atoms with Crippen LogP contribution in [0.1, 0.15) is 39.0 Å². The quantitative estimate of drug-likeness (QED) is 0.547. The summed E-state index contributed by atoms with van der Waals surface area (Å²) in [6.07, 6.45) is 7.22. The number of hydrogen-bond acceptors (Lipinski definition) is 4. The van der Waals surface area contributed by atoms with Crippen molar-refractivity contribution in [3.63, 3.8) is 0 Å². The number of carbonyl (C=O) groups is 2. The van der Waals surface area contributed by atoms with E-state index >= 15 is 0 Å². The van der Waals surface area contributed by atoms with Crippen LogP contribution in [-0.4, -0.2) is 36.5 Å². The van der Waals surface area contributed by atoms with Crippen molar-refractivity contribution >= 4 is 11.7 Å². The van der Waals surface area contributed by atoms with Crippen molar-refractivity contribution in [3.05, 3.63) is 11.6 Å². The maximum Gasteiger partial charge on any atom is 0.234 e. The molecule has 19 heavy (non-hydrogen) atoms. The predicted molar refractivity (Wildman–Crippen MR) is 71.5 cm³/mol. The second kappa shape index (κ2) is 5.84. The molecule has 5 heteroatoms. The van der Waals surface area contributed by atoms with Gasteiger partial charge in [-0.05, 0) is 39.0 Å². The van der Waals surface area contributed by atoms with Crippen LogP contribution in [-0.2, 0) is 14.3 Å². The molecular formula is C14H22N2O3. The first-order valence-electron chi connectivity index (χ1n) is 6.91. The highest BCUT2D eigenvalue weighted by molar-refractivity contribution is 5.96. The molecule has 2 atom stereocenters. The van der Waals surface area contributed by atoms with E-state index in [1.54, 1.807) is 6.92 Å². The number of allylic oxidation sites excluding steroid dienone is 1. The Morgan fingerprint density at radius 2 is 2.26 bits per heavy atom. The Balaban J connectivity index is 2.02. The highest BCUT2D eigenvalue weighted by atomic mass is 16.6. The molecule has 1 aliphatic carbocycles. The molecule has 2 rings (SSSR count). The number of amides is 1. The van der Waals surface area contributed by atoms with Gasteiger partial charge in [-0.1, -0.05) is 11.6 Å². The van der Waals surface area contributed by atoms with Crippen LogP contribution < -0.4 is 11.1 Å². The molecule has 3 N–H and O–H groups in total. The lowest BCUT2D eigenvalue weighted by Gasteiger charge is -2.22. The third-order valence-corrected chi connectivity index (χ3v) is 3.79. The zero-order valence-corrected chi connectivity index (χ0v) is 11.4. The van der Waals surface area contributed by atoms with Crippen LogP contribution in [0, 0.1) is 0 Å². The summed E-state index contributed by atoms with van der Waals surface area (Å²) in [7, 11) is 0. The molecule has 1 fully saturated rings. The van der Waals surface area contributed by atoms with Gasteiger partial charge in [0.05, 0.1) is 19.2 Å². The molecule has 1 amide bonds. The SMILES string of the molecule is CC1(C(=O)[C@H](CC2=CCCCC2)NC(=O)CN)CO1. The molecule has 0 aromatic heterocycles. The Morgan fingerprint density at radius 1 is 1.53 bits per heavy atom. The number of nitrogens with two attached hydrogens (primary N) is 1. The monoisotopic (exact) mass is 266 g/mol. The van der Waals surface area contributed by atoms with Gasteiger partial charge in [0, 0.05) is 0 Å². The fourth-order valence-corrected chi connectivity index (χ4v) is 2.43. The van der Waals surface area contributed by atoms with Gasteiger partial charge in [0.25, 0.3) is 0 Å². The third kappa shape index (κ3) is 3.64. The van der Waals surface area contributed by atoms with E-state index in [1.165, 1.54) is 12.0 Å². The van der Waals surface area contributed by atoms with Crippen molar-refractivity contribution in [2.75, 3.05) is 13.2 Å². The van der Waals surface area contributed by atoms with Gasteiger partial charge < -0.3 is 15.8 Å².